The number of ether oxygens (including phenoxy) is 1. The summed E-state index contributed by atoms with van der Waals surface area (Å²) in [6, 6.07) is 5.16. The number of rotatable bonds is 2. The van der Waals surface area contributed by atoms with Crippen molar-refractivity contribution in [3.05, 3.63) is 38.2 Å². The van der Waals surface area contributed by atoms with Gasteiger partial charge >= 0.3 is 6.36 Å². The van der Waals surface area contributed by atoms with Gasteiger partial charge < -0.3 is 14.8 Å². The maximum atomic E-state index is 12.3. The number of halogens is 4. The molecule has 0 aliphatic rings. The molecule has 1 aromatic heterocycles. The normalized spacial score (nSPS) is 11.4. The molecule has 0 saturated heterocycles. The van der Waals surface area contributed by atoms with Crippen LogP contribution < -0.4 is 10.3 Å². The van der Waals surface area contributed by atoms with Crippen molar-refractivity contribution in [1.29, 1.82) is 0 Å². The zero-order valence-electron chi connectivity index (χ0n) is 9.53. The van der Waals surface area contributed by atoms with Gasteiger partial charge in [-0.3, -0.25) is 4.79 Å². The maximum Gasteiger partial charge on any atom is 0.573 e. The van der Waals surface area contributed by atoms with Crippen LogP contribution in [0.15, 0.2) is 29.1 Å². The van der Waals surface area contributed by atoms with Gasteiger partial charge in [-0.1, -0.05) is 12.1 Å². The van der Waals surface area contributed by atoms with Crippen molar-refractivity contribution >= 4 is 22.6 Å². The molecule has 0 fully saturated rings. The molecule has 1 aromatic carbocycles. The van der Waals surface area contributed by atoms with Gasteiger partial charge in [0, 0.05) is 0 Å². The van der Waals surface area contributed by atoms with Crippen LogP contribution in [-0.4, -0.2) is 21.4 Å². The number of hydrogen-bond donors (Lipinski definition) is 2. The molecule has 0 amide bonds. The third kappa shape index (κ3) is 3.21. The highest BCUT2D eigenvalue weighted by Gasteiger charge is 2.32. The molecule has 2 N–H and O–H groups in total. The second-order valence-corrected chi connectivity index (χ2v) is 4.67. The summed E-state index contributed by atoms with van der Waals surface area (Å²) in [6.45, 7) is 0. The van der Waals surface area contributed by atoms with Crippen molar-refractivity contribution in [3.63, 3.8) is 0 Å². The fourth-order valence-electron chi connectivity index (χ4n) is 1.45. The van der Waals surface area contributed by atoms with Crippen LogP contribution in [0.2, 0.25) is 0 Å². The lowest BCUT2D eigenvalue weighted by molar-refractivity contribution is -0.274. The van der Waals surface area contributed by atoms with Crippen molar-refractivity contribution in [1.82, 2.24) is 9.97 Å². The smallest absolute Gasteiger partial charge is 0.492 e. The van der Waals surface area contributed by atoms with Crippen LogP contribution in [0, 0.1) is 3.57 Å². The number of aromatic hydroxyl groups is 1. The van der Waals surface area contributed by atoms with E-state index < -0.39 is 23.6 Å². The molecule has 0 aliphatic carbocycles. The molecule has 106 valence electrons. The van der Waals surface area contributed by atoms with E-state index in [1.807, 2.05) is 0 Å². The molecule has 0 unspecified atom stereocenters. The van der Waals surface area contributed by atoms with Gasteiger partial charge in [0.25, 0.3) is 5.56 Å². The summed E-state index contributed by atoms with van der Waals surface area (Å²) in [4.78, 5) is 17.4. The molecule has 2 aromatic rings. The van der Waals surface area contributed by atoms with Crippen LogP contribution in [0.25, 0.3) is 11.4 Å². The largest absolute Gasteiger partial charge is 0.573 e. The van der Waals surface area contributed by atoms with E-state index in [4.69, 9.17) is 0 Å². The van der Waals surface area contributed by atoms with Gasteiger partial charge in [0.05, 0.1) is 5.56 Å². The van der Waals surface area contributed by atoms with Crippen LogP contribution in [-0.2, 0) is 0 Å². The van der Waals surface area contributed by atoms with Crippen molar-refractivity contribution in [3.8, 4) is 23.0 Å². The molecule has 0 bridgehead atoms. The second kappa shape index (κ2) is 5.31. The Morgan fingerprint density at radius 1 is 1.30 bits per heavy atom. The van der Waals surface area contributed by atoms with Crippen molar-refractivity contribution in [2.45, 2.75) is 6.36 Å². The fourth-order valence-corrected chi connectivity index (χ4v) is 1.71. The Kier molecular flexibility index (Phi) is 3.88. The van der Waals surface area contributed by atoms with E-state index in [9.17, 15) is 23.1 Å². The molecular weight excluding hydrogens is 392 g/mol. The van der Waals surface area contributed by atoms with Gasteiger partial charge in [-0.05, 0) is 34.7 Å². The molecule has 2 rings (SSSR count). The highest BCUT2D eigenvalue weighted by Crippen LogP contribution is 2.32. The standard InChI is InChI=1S/C11H6F3IN2O3/c12-11(13,14)20-6-4-2-1-3-5(6)8-16-9(18)7(15)10(19)17-8/h1-4H,(H2,16,17,18,19). The number of H-pyrrole nitrogens is 1. The van der Waals surface area contributed by atoms with Gasteiger partial charge in [-0.15, -0.1) is 13.2 Å². The molecule has 20 heavy (non-hydrogen) atoms. The van der Waals surface area contributed by atoms with E-state index in [1.165, 1.54) is 18.2 Å². The van der Waals surface area contributed by atoms with Gasteiger partial charge in [-0.2, -0.15) is 4.98 Å². The average molecular weight is 398 g/mol. The summed E-state index contributed by atoms with van der Waals surface area (Å²) >= 11 is 1.57. The van der Waals surface area contributed by atoms with E-state index in [2.05, 4.69) is 14.7 Å². The van der Waals surface area contributed by atoms with Crippen LogP contribution in [0.4, 0.5) is 13.2 Å². The predicted molar refractivity (Wildman–Crippen MR) is 71.4 cm³/mol. The molecule has 0 atom stereocenters. The van der Waals surface area contributed by atoms with Crippen molar-refractivity contribution < 1.29 is 23.0 Å². The number of aromatic amines is 1. The molecule has 0 saturated carbocycles. The lowest BCUT2D eigenvalue weighted by Gasteiger charge is -2.12. The number of benzene rings is 1. The molecule has 0 radical (unpaired) electrons. The van der Waals surface area contributed by atoms with Gasteiger partial charge in [0.2, 0.25) is 5.88 Å². The maximum absolute atomic E-state index is 12.3. The fraction of sp³-hybridized carbons (Fsp3) is 0.0909. The highest BCUT2D eigenvalue weighted by atomic mass is 127. The SMILES string of the molecule is O=c1[nH]c(-c2ccccc2OC(F)(F)F)nc(O)c1I. The van der Waals surface area contributed by atoms with Crippen LogP contribution >= 0.6 is 22.6 Å². The Bertz CT molecular complexity index is 700. The number of hydrogen-bond acceptors (Lipinski definition) is 4. The van der Waals surface area contributed by atoms with E-state index in [1.54, 1.807) is 22.6 Å². The van der Waals surface area contributed by atoms with Crippen LogP contribution in [0.1, 0.15) is 0 Å². The van der Waals surface area contributed by atoms with E-state index in [0.717, 1.165) is 6.07 Å². The third-order valence-corrected chi connectivity index (χ3v) is 3.19. The van der Waals surface area contributed by atoms with Crippen molar-refractivity contribution in [2.75, 3.05) is 0 Å². The Labute approximate surface area is 123 Å². The Morgan fingerprint density at radius 2 is 1.95 bits per heavy atom. The topological polar surface area (TPSA) is 75.2 Å². The van der Waals surface area contributed by atoms with Gasteiger partial charge in [0.15, 0.2) is 0 Å². The molecule has 1 heterocycles. The quantitative estimate of drug-likeness (QED) is 0.764. The molecular formula is C11H6F3IN2O3. The Morgan fingerprint density at radius 3 is 2.55 bits per heavy atom. The average Bonchev–Trinajstić information content (AvgIpc) is 2.34. The lowest BCUT2D eigenvalue weighted by Crippen LogP contribution is -2.18. The summed E-state index contributed by atoms with van der Waals surface area (Å²) in [6.07, 6.45) is -4.87. The summed E-state index contributed by atoms with van der Waals surface area (Å²) in [5, 5.41) is 9.46. The minimum absolute atomic E-state index is 0.0550. The first-order chi connectivity index (χ1) is 9.28. The predicted octanol–water partition coefficient (Wildman–Crippen LogP) is 2.65. The number of para-hydroxylation sites is 1. The molecule has 5 nitrogen and oxygen atoms in total. The molecule has 9 heteroatoms. The zero-order chi connectivity index (χ0) is 14.9. The highest BCUT2D eigenvalue weighted by molar-refractivity contribution is 14.1. The molecule has 0 aliphatic heterocycles. The Balaban J connectivity index is 2.56. The monoisotopic (exact) mass is 398 g/mol. The van der Waals surface area contributed by atoms with Crippen LogP contribution in [0.3, 0.4) is 0 Å². The van der Waals surface area contributed by atoms with Crippen LogP contribution in [0.5, 0.6) is 11.6 Å². The number of nitrogens with zero attached hydrogens (tertiary/aromatic N) is 1. The second-order valence-electron chi connectivity index (χ2n) is 3.60. The number of alkyl halides is 3. The minimum Gasteiger partial charge on any atom is -0.492 e. The first-order valence-electron chi connectivity index (χ1n) is 5.12. The van der Waals surface area contributed by atoms with Gasteiger partial charge in [-0.25, -0.2) is 0 Å². The van der Waals surface area contributed by atoms with Crippen molar-refractivity contribution in [2.24, 2.45) is 0 Å². The summed E-state index contributed by atoms with van der Waals surface area (Å²) in [7, 11) is 0. The third-order valence-electron chi connectivity index (χ3n) is 2.21. The summed E-state index contributed by atoms with van der Waals surface area (Å²) in [5.41, 5.74) is -0.747. The number of nitrogens with one attached hydrogen (secondary N) is 1. The number of aromatic nitrogens is 2. The first-order valence-corrected chi connectivity index (χ1v) is 6.20. The lowest BCUT2D eigenvalue weighted by atomic mass is 10.2. The van der Waals surface area contributed by atoms with E-state index in [-0.39, 0.29) is 15.0 Å². The first kappa shape index (κ1) is 14.6. The van der Waals surface area contributed by atoms with E-state index in [0.29, 0.717) is 0 Å². The van der Waals surface area contributed by atoms with E-state index >= 15 is 0 Å². The minimum atomic E-state index is -4.87. The molecule has 0 spiro atoms. The zero-order valence-corrected chi connectivity index (χ0v) is 11.7. The Hall–Kier alpha value is -1.78. The van der Waals surface area contributed by atoms with Gasteiger partial charge in [0.1, 0.15) is 15.1 Å². The summed E-state index contributed by atoms with van der Waals surface area (Å²) < 4.78 is 40.7. The summed E-state index contributed by atoms with van der Waals surface area (Å²) in [5.74, 6) is -1.30.